The van der Waals surface area contributed by atoms with Crippen molar-refractivity contribution in [3.63, 3.8) is 0 Å². The number of carbonyl (C=O) groups excluding carboxylic acids is 1. The van der Waals surface area contributed by atoms with Gasteiger partial charge >= 0.3 is 0 Å². The highest BCUT2D eigenvalue weighted by Gasteiger charge is 2.06. The SMILES string of the molecule is CCC(=O)c1ccc2nc(Br)sc2c1. The molecule has 14 heavy (non-hydrogen) atoms. The van der Waals surface area contributed by atoms with Gasteiger partial charge in [0.2, 0.25) is 0 Å². The zero-order valence-electron chi connectivity index (χ0n) is 7.58. The molecular formula is C10H8BrNOS. The van der Waals surface area contributed by atoms with Gasteiger partial charge in [-0.15, -0.1) is 11.3 Å². The number of halogens is 1. The van der Waals surface area contributed by atoms with Crippen LogP contribution in [0.25, 0.3) is 10.2 Å². The summed E-state index contributed by atoms with van der Waals surface area (Å²) in [4.78, 5) is 15.7. The van der Waals surface area contributed by atoms with Gasteiger partial charge in [-0.2, -0.15) is 0 Å². The van der Waals surface area contributed by atoms with E-state index in [0.29, 0.717) is 6.42 Å². The van der Waals surface area contributed by atoms with Crippen LogP contribution in [-0.2, 0) is 0 Å². The van der Waals surface area contributed by atoms with Crippen molar-refractivity contribution in [1.29, 1.82) is 0 Å². The minimum absolute atomic E-state index is 0.177. The summed E-state index contributed by atoms with van der Waals surface area (Å²) >= 11 is 4.87. The Balaban J connectivity index is 2.55. The summed E-state index contributed by atoms with van der Waals surface area (Å²) in [6.07, 6.45) is 0.547. The molecule has 0 unspecified atom stereocenters. The topological polar surface area (TPSA) is 30.0 Å². The average Bonchev–Trinajstić information content (AvgIpc) is 2.55. The summed E-state index contributed by atoms with van der Waals surface area (Å²) in [6.45, 7) is 1.87. The van der Waals surface area contributed by atoms with E-state index >= 15 is 0 Å². The van der Waals surface area contributed by atoms with E-state index in [4.69, 9.17) is 0 Å². The van der Waals surface area contributed by atoms with Gasteiger partial charge in [-0.05, 0) is 34.1 Å². The molecule has 0 saturated heterocycles. The Kier molecular flexibility index (Phi) is 2.65. The normalized spacial score (nSPS) is 10.7. The maximum absolute atomic E-state index is 11.4. The lowest BCUT2D eigenvalue weighted by Crippen LogP contribution is -1.94. The minimum Gasteiger partial charge on any atom is -0.294 e. The number of hydrogen-bond acceptors (Lipinski definition) is 3. The van der Waals surface area contributed by atoms with Gasteiger partial charge in [-0.1, -0.05) is 6.92 Å². The zero-order valence-corrected chi connectivity index (χ0v) is 9.98. The number of thiazole rings is 1. The van der Waals surface area contributed by atoms with E-state index in [2.05, 4.69) is 20.9 Å². The monoisotopic (exact) mass is 269 g/mol. The van der Waals surface area contributed by atoms with Crippen molar-refractivity contribution in [2.45, 2.75) is 13.3 Å². The van der Waals surface area contributed by atoms with Crippen molar-refractivity contribution >= 4 is 43.3 Å². The van der Waals surface area contributed by atoms with Gasteiger partial charge in [0.25, 0.3) is 0 Å². The van der Waals surface area contributed by atoms with Crippen LogP contribution in [-0.4, -0.2) is 10.8 Å². The lowest BCUT2D eigenvalue weighted by Gasteiger charge is -1.96. The average molecular weight is 270 g/mol. The van der Waals surface area contributed by atoms with Crippen molar-refractivity contribution in [1.82, 2.24) is 4.98 Å². The predicted octanol–water partition coefficient (Wildman–Crippen LogP) is 3.65. The van der Waals surface area contributed by atoms with E-state index < -0.39 is 0 Å². The molecule has 1 aromatic carbocycles. The largest absolute Gasteiger partial charge is 0.294 e. The molecule has 1 aromatic heterocycles. The maximum Gasteiger partial charge on any atom is 0.162 e. The third kappa shape index (κ3) is 1.72. The number of benzene rings is 1. The molecule has 0 aliphatic rings. The summed E-state index contributed by atoms with van der Waals surface area (Å²) < 4.78 is 1.91. The quantitative estimate of drug-likeness (QED) is 0.779. The summed E-state index contributed by atoms with van der Waals surface area (Å²) in [5.41, 5.74) is 1.71. The lowest BCUT2D eigenvalue weighted by molar-refractivity contribution is 0.0988. The highest BCUT2D eigenvalue weighted by molar-refractivity contribution is 9.11. The standard InChI is InChI=1S/C10H8BrNOS/c1-2-8(13)6-3-4-7-9(5-6)14-10(11)12-7/h3-5H,2H2,1H3. The fraction of sp³-hybridized carbons (Fsp3) is 0.200. The number of nitrogens with zero attached hydrogens (tertiary/aromatic N) is 1. The van der Waals surface area contributed by atoms with Crippen molar-refractivity contribution in [2.75, 3.05) is 0 Å². The minimum atomic E-state index is 0.177. The summed E-state index contributed by atoms with van der Waals surface area (Å²) in [7, 11) is 0. The molecule has 0 fully saturated rings. The molecule has 1 heterocycles. The van der Waals surface area contributed by atoms with Crippen LogP contribution in [0.2, 0.25) is 0 Å². The maximum atomic E-state index is 11.4. The molecule has 0 radical (unpaired) electrons. The molecule has 0 bridgehead atoms. The summed E-state index contributed by atoms with van der Waals surface area (Å²) in [6, 6.07) is 5.63. The Morgan fingerprint density at radius 1 is 1.57 bits per heavy atom. The van der Waals surface area contributed by atoms with Crippen LogP contribution in [0.15, 0.2) is 22.1 Å². The molecule has 2 rings (SSSR count). The fourth-order valence-corrected chi connectivity index (χ4v) is 2.72. The Morgan fingerprint density at radius 2 is 2.36 bits per heavy atom. The van der Waals surface area contributed by atoms with Crippen LogP contribution in [0.5, 0.6) is 0 Å². The molecule has 0 amide bonds. The molecule has 0 saturated carbocycles. The number of carbonyl (C=O) groups is 1. The highest BCUT2D eigenvalue weighted by atomic mass is 79.9. The molecule has 4 heteroatoms. The van der Waals surface area contributed by atoms with Crippen LogP contribution < -0.4 is 0 Å². The van der Waals surface area contributed by atoms with Crippen molar-refractivity contribution in [3.8, 4) is 0 Å². The first kappa shape index (κ1) is 9.80. The number of ketones is 1. The number of fused-ring (bicyclic) bond motifs is 1. The number of Topliss-reactive ketones (excluding diaryl/α,β-unsaturated/α-hetero) is 1. The second kappa shape index (κ2) is 3.79. The molecule has 0 N–H and O–H groups in total. The van der Waals surface area contributed by atoms with E-state index in [1.807, 2.05) is 25.1 Å². The van der Waals surface area contributed by atoms with E-state index in [0.717, 1.165) is 19.7 Å². The van der Waals surface area contributed by atoms with Crippen molar-refractivity contribution in [3.05, 3.63) is 27.7 Å². The van der Waals surface area contributed by atoms with Crippen LogP contribution in [0.3, 0.4) is 0 Å². The zero-order chi connectivity index (χ0) is 10.1. The predicted molar refractivity (Wildman–Crippen MR) is 61.9 cm³/mol. The van der Waals surface area contributed by atoms with Crippen molar-refractivity contribution in [2.24, 2.45) is 0 Å². The van der Waals surface area contributed by atoms with Gasteiger partial charge in [0, 0.05) is 12.0 Å². The number of aromatic nitrogens is 1. The van der Waals surface area contributed by atoms with Crippen molar-refractivity contribution < 1.29 is 4.79 Å². The van der Waals surface area contributed by atoms with E-state index in [1.54, 1.807) is 11.3 Å². The Morgan fingerprint density at radius 3 is 3.07 bits per heavy atom. The van der Waals surface area contributed by atoms with Gasteiger partial charge in [0.05, 0.1) is 10.2 Å². The third-order valence-corrected chi connectivity index (χ3v) is 3.47. The molecule has 0 aliphatic carbocycles. The Labute approximate surface area is 94.1 Å². The first-order valence-corrected chi connectivity index (χ1v) is 5.91. The Hall–Kier alpha value is -0.740. The highest BCUT2D eigenvalue weighted by Crippen LogP contribution is 2.26. The van der Waals surface area contributed by atoms with Gasteiger partial charge in [-0.25, -0.2) is 4.98 Å². The molecule has 0 spiro atoms. The molecular weight excluding hydrogens is 262 g/mol. The molecule has 2 nitrogen and oxygen atoms in total. The second-order valence-electron chi connectivity index (χ2n) is 2.93. The molecule has 0 aliphatic heterocycles. The van der Waals surface area contributed by atoms with E-state index in [-0.39, 0.29) is 5.78 Å². The van der Waals surface area contributed by atoms with E-state index in [1.165, 1.54) is 0 Å². The van der Waals surface area contributed by atoms with Gasteiger partial charge in [0.15, 0.2) is 9.70 Å². The first-order valence-electron chi connectivity index (χ1n) is 4.30. The molecule has 2 aromatic rings. The lowest BCUT2D eigenvalue weighted by atomic mass is 10.1. The van der Waals surface area contributed by atoms with Gasteiger partial charge in [0.1, 0.15) is 0 Å². The second-order valence-corrected chi connectivity index (χ2v) is 5.23. The number of hydrogen-bond donors (Lipinski definition) is 0. The van der Waals surface area contributed by atoms with Crippen LogP contribution in [0.1, 0.15) is 23.7 Å². The van der Waals surface area contributed by atoms with Crippen LogP contribution >= 0.6 is 27.3 Å². The summed E-state index contributed by atoms with van der Waals surface area (Å²) in [5, 5.41) is 0. The Bertz CT molecular complexity index is 492. The molecule has 72 valence electrons. The van der Waals surface area contributed by atoms with Crippen LogP contribution in [0.4, 0.5) is 0 Å². The first-order chi connectivity index (χ1) is 6.70. The van der Waals surface area contributed by atoms with Gasteiger partial charge in [-0.3, -0.25) is 4.79 Å². The summed E-state index contributed by atoms with van der Waals surface area (Å²) in [5.74, 6) is 0.177. The van der Waals surface area contributed by atoms with Crippen LogP contribution in [0, 0.1) is 0 Å². The fourth-order valence-electron chi connectivity index (χ4n) is 1.27. The van der Waals surface area contributed by atoms with Gasteiger partial charge < -0.3 is 0 Å². The smallest absolute Gasteiger partial charge is 0.162 e. The number of rotatable bonds is 2. The molecule has 0 atom stereocenters. The third-order valence-electron chi connectivity index (χ3n) is 2.01. The van der Waals surface area contributed by atoms with E-state index in [9.17, 15) is 4.79 Å².